The normalized spacial score (nSPS) is 11.1. The van der Waals surface area contributed by atoms with E-state index in [0.29, 0.717) is 38.6 Å². The van der Waals surface area contributed by atoms with Gasteiger partial charge in [-0.15, -0.1) is 0 Å². The fourth-order valence-corrected chi connectivity index (χ4v) is 4.90. The van der Waals surface area contributed by atoms with Gasteiger partial charge in [-0.05, 0) is 86.1 Å². The number of halogens is 2. The standard InChI is InChI=1S/C33H29Cl2N3O5/c1-21-8-9-22(2)38(21)25-10-12-26(13-11-25)41-20-27-14-15-30(43-27)33(39)37-36-18-23-16-29(35)32(31(17-23)40-3)42-19-24-6-4-5-7-28(24)34/h4-18H,19-20H2,1-3H3,(H,37,39)/b36-18+. The number of benzene rings is 3. The highest BCUT2D eigenvalue weighted by atomic mass is 35.5. The van der Waals surface area contributed by atoms with Gasteiger partial charge in [-0.2, -0.15) is 5.10 Å². The fraction of sp³-hybridized carbons (Fsp3) is 0.152. The van der Waals surface area contributed by atoms with Gasteiger partial charge in [0.25, 0.3) is 0 Å². The molecule has 0 bridgehead atoms. The number of carbonyl (C=O) groups excluding carboxylic acids is 1. The van der Waals surface area contributed by atoms with Gasteiger partial charge in [0.1, 0.15) is 24.7 Å². The predicted molar refractivity (Wildman–Crippen MR) is 167 cm³/mol. The summed E-state index contributed by atoms with van der Waals surface area (Å²) in [6, 6.07) is 25.9. The van der Waals surface area contributed by atoms with Crippen molar-refractivity contribution in [1.82, 2.24) is 9.99 Å². The number of amides is 1. The number of rotatable bonds is 11. The van der Waals surface area contributed by atoms with Crippen LogP contribution in [0.1, 0.15) is 38.8 Å². The third-order valence-electron chi connectivity index (χ3n) is 6.59. The van der Waals surface area contributed by atoms with Crippen LogP contribution in [0.4, 0.5) is 0 Å². The minimum atomic E-state index is -0.512. The molecule has 2 aromatic heterocycles. The van der Waals surface area contributed by atoms with Crippen LogP contribution >= 0.6 is 23.2 Å². The van der Waals surface area contributed by atoms with E-state index in [0.717, 1.165) is 22.6 Å². The summed E-state index contributed by atoms with van der Waals surface area (Å²) in [6.07, 6.45) is 1.44. The molecule has 0 saturated heterocycles. The zero-order valence-corrected chi connectivity index (χ0v) is 25.3. The van der Waals surface area contributed by atoms with Crippen molar-refractivity contribution in [2.24, 2.45) is 5.10 Å². The second kappa shape index (κ2) is 13.5. The van der Waals surface area contributed by atoms with E-state index in [9.17, 15) is 4.79 Å². The van der Waals surface area contributed by atoms with Crippen LogP contribution in [0.25, 0.3) is 5.69 Å². The SMILES string of the molecule is COc1cc(/C=N/NC(=O)c2ccc(COc3ccc(-n4c(C)ccc4C)cc3)o2)cc(Cl)c1OCc1ccccc1Cl. The predicted octanol–water partition coefficient (Wildman–Crippen LogP) is 7.92. The second-order valence-electron chi connectivity index (χ2n) is 9.61. The highest BCUT2D eigenvalue weighted by Gasteiger charge is 2.14. The maximum atomic E-state index is 12.6. The third kappa shape index (κ3) is 7.23. The van der Waals surface area contributed by atoms with Crippen LogP contribution in [0.5, 0.6) is 17.2 Å². The highest BCUT2D eigenvalue weighted by Crippen LogP contribution is 2.37. The number of aromatic nitrogens is 1. The quantitative estimate of drug-likeness (QED) is 0.120. The number of hydrogen-bond acceptors (Lipinski definition) is 6. The Morgan fingerprint density at radius 2 is 1.65 bits per heavy atom. The van der Waals surface area contributed by atoms with Crippen LogP contribution in [-0.4, -0.2) is 23.8 Å². The van der Waals surface area contributed by atoms with Crippen molar-refractivity contribution < 1.29 is 23.4 Å². The van der Waals surface area contributed by atoms with Gasteiger partial charge in [0.05, 0.1) is 18.3 Å². The average Bonchev–Trinajstić information content (AvgIpc) is 3.62. The summed E-state index contributed by atoms with van der Waals surface area (Å²) in [6.45, 7) is 4.52. The number of furan rings is 1. The number of ether oxygens (including phenoxy) is 3. The maximum Gasteiger partial charge on any atom is 0.307 e. The summed E-state index contributed by atoms with van der Waals surface area (Å²) >= 11 is 12.7. The molecule has 0 atom stereocenters. The van der Waals surface area contributed by atoms with Crippen LogP contribution in [0.3, 0.4) is 0 Å². The molecule has 5 aromatic rings. The molecule has 0 radical (unpaired) electrons. The molecule has 0 saturated carbocycles. The minimum absolute atomic E-state index is 0.101. The van der Waals surface area contributed by atoms with E-state index in [1.807, 2.05) is 42.5 Å². The van der Waals surface area contributed by atoms with Crippen LogP contribution in [0.15, 0.2) is 94.4 Å². The number of carbonyl (C=O) groups is 1. The number of hydrogen-bond donors (Lipinski definition) is 1. The van der Waals surface area contributed by atoms with Gasteiger partial charge in [0.15, 0.2) is 17.3 Å². The zero-order chi connectivity index (χ0) is 30.3. The molecule has 2 heterocycles. The van der Waals surface area contributed by atoms with E-state index in [1.54, 1.807) is 30.3 Å². The van der Waals surface area contributed by atoms with Crippen molar-refractivity contribution in [3.05, 3.63) is 129 Å². The number of hydrazone groups is 1. The van der Waals surface area contributed by atoms with Crippen LogP contribution in [0, 0.1) is 13.8 Å². The van der Waals surface area contributed by atoms with E-state index >= 15 is 0 Å². The van der Waals surface area contributed by atoms with Crippen molar-refractivity contribution in [2.45, 2.75) is 27.1 Å². The van der Waals surface area contributed by atoms with Crippen LogP contribution in [-0.2, 0) is 13.2 Å². The lowest BCUT2D eigenvalue weighted by atomic mass is 10.2. The molecule has 220 valence electrons. The van der Waals surface area contributed by atoms with Crippen molar-refractivity contribution in [2.75, 3.05) is 7.11 Å². The Kier molecular flexibility index (Phi) is 9.39. The molecule has 0 aliphatic rings. The van der Waals surface area contributed by atoms with E-state index in [1.165, 1.54) is 13.3 Å². The van der Waals surface area contributed by atoms with E-state index in [2.05, 4.69) is 41.1 Å². The molecule has 0 spiro atoms. The Hall–Kier alpha value is -4.66. The molecule has 43 heavy (non-hydrogen) atoms. The van der Waals surface area contributed by atoms with Gasteiger partial charge >= 0.3 is 5.91 Å². The fourth-order valence-electron chi connectivity index (χ4n) is 4.44. The molecule has 8 nitrogen and oxygen atoms in total. The van der Waals surface area contributed by atoms with Crippen molar-refractivity contribution in [3.63, 3.8) is 0 Å². The van der Waals surface area contributed by atoms with Gasteiger partial charge in [-0.3, -0.25) is 4.79 Å². The zero-order valence-electron chi connectivity index (χ0n) is 23.8. The summed E-state index contributed by atoms with van der Waals surface area (Å²) < 4.78 is 25.0. The Balaban J connectivity index is 1.15. The Morgan fingerprint density at radius 3 is 2.37 bits per heavy atom. The van der Waals surface area contributed by atoms with Gasteiger partial charge in [-0.25, -0.2) is 5.43 Å². The van der Waals surface area contributed by atoms with Crippen molar-refractivity contribution >= 4 is 35.3 Å². The Morgan fingerprint density at radius 1 is 0.907 bits per heavy atom. The first-order valence-corrected chi connectivity index (χ1v) is 14.1. The lowest BCUT2D eigenvalue weighted by Crippen LogP contribution is -2.16. The Labute approximate surface area is 259 Å². The third-order valence-corrected chi connectivity index (χ3v) is 7.24. The summed E-state index contributed by atoms with van der Waals surface area (Å²) in [4.78, 5) is 12.6. The molecular weight excluding hydrogens is 589 g/mol. The first kappa shape index (κ1) is 29.8. The summed E-state index contributed by atoms with van der Waals surface area (Å²) in [5.41, 5.74) is 7.24. The highest BCUT2D eigenvalue weighted by molar-refractivity contribution is 6.32. The lowest BCUT2D eigenvalue weighted by Gasteiger charge is -2.14. The molecule has 5 rings (SSSR count). The van der Waals surface area contributed by atoms with Gasteiger partial charge in [0, 0.05) is 27.7 Å². The summed E-state index contributed by atoms with van der Waals surface area (Å²) in [5.74, 6) is 1.56. The van der Waals surface area contributed by atoms with Crippen molar-refractivity contribution in [3.8, 4) is 22.9 Å². The lowest BCUT2D eigenvalue weighted by molar-refractivity contribution is 0.0923. The van der Waals surface area contributed by atoms with E-state index in [-0.39, 0.29) is 19.0 Å². The smallest absolute Gasteiger partial charge is 0.307 e. The van der Waals surface area contributed by atoms with Gasteiger partial charge in [-0.1, -0.05) is 41.4 Å². The number of nitrogens with one attached hydrogen (secondary N) is 1. The van der Waals surface area contributed by atoms with Crippen molar-refractivity contribution in [1.29, 1.82) is 0 Å². The number of nitrogens with zero attached hydrogens (tertiary/aromatic N) is 2. The Bertz CT molecular complexity index is 1740. The minimum Gasteiger partial charge on any atom is -0.493 e. The molecule has 0 unspecified atom stereocenters. The summed E-state index contributed by atoms with van der Waals surface area (Å²) in [7, 11) is 1.51. The first-order valence-electron chi connectivity index (χ1n) is 13.4. The molecule has 1 N–H and O–H groups in total. The number of aryl methyl sites for hydroxylation is 2. The largest absolute Gasteiger partial charge is 0.493 e. The molecular formula is C33H29Cl2N3O5. The molecule has 0 aliphatic heterocycles. The van der Waals surface area contributed by atoms with Crippen LogP contribution < -0.4 is 19.6 Å². The molecule has 1 amide bonds. The molecule has 0 fully saturated rings. The number of methoxy groups -OCH3 is 1. The first-order chi connectivity index (χ1) is 20.8. The molecule has 10 heteroatoms. The molecule has 3 aromatic carbocycles. The molecule has 0 aliphatic carbocycles. The van der Waals surface area contributed by atoms with Gasteiger partial charge in [0.2, 0.25) is 0 Å². The van der Waals surface area contributed by atoms with Gasteiger partial charge < -0.3 is 23.2 Å². The topological polar surface area (TPSA) is 87.2 Å². The monoisotopic (exact) mass is 617 g/mol. The van der Waals surface area contributed by atoms with Crippen LogP contribution in [0.2, 0.25) is 10.0 Å². The van der Waals surface area contributed by atoms with E-state index < -0.39 is 5.91 Å². The summed E-state index contributed by atoms with van der Waals surface area (Å²) in [5, 5.41) is 4.94. The average molecular weight is 619 g/mol. The second-order valence-corrected chi connectivity index (χ2v) is 10.4. The van der Waals surface area contributed by atoms with E-state index in [4.69, 9.17) is 41.8 Å². The maximum absolute atomic E-state index is 12.6.